The number of benzene rings is 1. The second-order valence-corrected chi connectivity index (χ2v) is 4.36. The van der Waals surface area contributed by atoms with Gasteiger partial charge in [0, 0.05) is 11.5 Å². The zero-order valence-electron chi connectivity index (χ0n) is 11.0. The summed E-state index contributed by atoms with van der Waals surface area (Å²) in [5.41, 5.74) is 5.42. The first-order chi connectivity index (χ1) is 10.2. The third-order valence-corrected chi connectivity index (χ3v) is 2.87. The summed E-state index contributed by atoms with van der Waals surface area (Å²) >= 11 is 0. The van der Waals surface area contributed by atoms with E-state index in [1.165, 1.54) is 0 Å². The number of carboxylic acids is 1. The quantitative estimate of drug-likeness (QED) is 0.423. The lowest BCUT2D eigenvalue weighted by atomic mass is 9.97. The van der Waals surface area contributed by atoms with E-state index in [9.17, 15) is 28.2 Å². The number of aliphatic hydroxyl groups is 2. The Balaban J connectivity index is 3.10. The summed E-state index contributed by atoms with van der Waals surface area (Å²) in [5.74, 6) is -1.75. The van der Waals surface area contributed by atoms with E-state index in [1.807, 2.05) is 0 Å². The molecular weight excluding hydrogens is 307 g/mol. The van der Waals surface area contributed by atoms with Gasteiger partial charge in [-0.1, -0.05) is 11.2 Å². The molecule has 1 aromatic carbocycles. The van der Waals surface area contributed by atoms with Crippen LogP contribution in [0.3, 0.4) is 0 Å². The van der Waals surface area contributed by atoms with Crippen molar-refractivity contribution < 1.29 is 33.3 Å². The minimum Gasteiger partial charge on any atom is -0.478 e. The summed E-state index contributed by atoms with van der Waals surface area (Å²) in [6, 6.07) is 2.18. The fourth-order valence-electron chi connectivity index (χ4n) is 1.78. The van der Waals surface area contributed by atoms with E-state index in [0.29, 0.717) is 12.1 Å². The van der Waals surface area contributed by atoms with Gasteiger partial charge in [0.15, 0.2) is 0 Å². The summed E-state index contributed by atoms with van der Waals surface area (Å²) in [5, 5.41) is 31.3. The number of carbonyl (C=O) groups is 1. The van der Waals surface area contributed by atoms with E-state index in [1.54, 1.807) is 0 Å². The third-order valence-electron chi connectivity index (χ3n) is 2.87. The van der Waals surface area contributed by atoms with E-state index in [2.05, 4.69) is 10.0 Å². The van der Waals surface area contributed by atoms with Gasteiger partial charge < -0.3 is 15.3 Å². The molecule has 0 spiro atoms. The van der Waals surface area contributed by atoms with Gasteiger partial charge in [0.05, 0.1) is 17.2 Å². The standard InChI is InChI=1S/C12H12F3N3O4/c13-12(14,15)8-5-6(1-2-7(8)11(21)22)10(20)9(19)3-4-17-18-16/h1-2,5,9-10,19-20H,3-4H2,(H,21,22). The van der Waals surface area contributed by atoms with Crippen LogP contribution in [0.15, 0.2) is 23.3 Å². The largest absolute Gasteiger partial charge is 0.478 e. The van der Waals surface area contributed by atoms with Gasteiger partial charge in [-0.15, -0.1) is 0 Å². The second-order valence-electron chi connectivity index (χ2n) is 4.36. The van der Waals surface area contributed by atoms with Gasteiger partial charge in [0.2, 0.25) is 0 Å². The molecule has 0 aliphatic carbocycles. The molecule has 0 aromatic heterocycles. The molecule has 2 atom stereocenters. The lowest BCUT2D eigenvalue weighted by Crippen LogP contribution is -2.21. The highest BCUT2D eigenvalue weighted by atomic mass is 19.4. The van der Waals surface area contributed by atoms with Crippen LogP contribution in [0, 0.1) is 0 Å². The van der Waals surface area contributed by atoms with Crippen molar-refractivity contribution in [2.45, 2.75) is 24.8 Å². The molecule has 0 heterocycles. The van der Waals surface area contributed by atoms with Crippen LogP contribution in [0.25, 0.3) is 10.4 Å². The number of azide groups is 1. The van der Waals surface area contributed by atoms with Crippen molar-refractivity contribution in [1.82, 2.24) is 0 Å². The van der Waals surface area contributed by atoms with Crippen molar-refractivity contribution in [3.8, 4) is 0 Å². The number of hydrogen-bond acceptors (Lipinski definition) is 4. The van der Waals surface area contributed by atoms with Crippen LogP contribution >= 0.6 is 0 Å². The van der Waals surface area contributed by atoms with E-state index in [-0.39, 0.29) is 18.5 Å². The van der Waals surface area contributed by atoms with Gasteiger partial charge in [0.25, 0.3) is 0 Å². The number of nitrogens with zero attached hydrogens (tertiary/aromatic N) is 3. The van der Waals surface area contributed by atoms with Gasteiger partial charge in [0.1, 0.15) is 6.10 Å². The van der Waals surface area contributed by atoms with E-state index >= 15 is 0 Å². The average Bonchev–Trinajstić information content (AvgIpc) is 2.45. The van der Waals surface area contributed by atoms with Crippen molar-refractivity contribution in [3.63, 3.8) is 0 Å². The number of aliphatic hydroxyl groups excluding tert-OH is 2. The van der Waals surface area contributed by atoms with Crippen molar-refractivity contribution in [1.29, 1.82) is 0 Å². The molecule has 0 saturated heterocycles. The van der Waals surface area contributed by atoms with Crippen molar-refractivity contribution >= 4 is 5.97 Å². The summed E-state index contributed by atoms with van der Waals surface area (Å²) in [4.78, 5) is 13.2. The average molecular weight is 319 g/mol. The number of rotatable bonds is 6. The molecule has 0 radical (unpaired) electrons. The molecule has 3 N–H and O–H groups in total. The van der Waals surface area contributed by atoms with Gasteiger partial charge >= 0.3 is 12.1 Å². The minimum absolute atomic E-state index is 0.145. The Morgan fingerprint density at radius 3 is 2.50 bits per heavy atom. The van der Waals surface area contributed by atoms with E-state index in [4.69, 9.17) is 10.6 Å². The molecule has 0 fully saturated rings. The van der Waals surface area contributed by atoms with Gasteiger partial charge in [-0.2, -0.15) is 13.2 Å². The highest BCUT2D eigenvalue weighted by Gasteiger charge is 2.36. The van der Waals surface area contributed by atoms with Gasteiger partial charge in [-0.25, -0.2) is 4.79 Å². The van der Waals surface area contributed by atoms with Crippen molar-refractivity contribution in [2.24, 2.45) is 5.11 Å². The fraction of sp³-hybridized carbons (Fsp3) is 0.417. The van der Waals surface area contributed by atoms with Crippen LogP contribution in [0.2, 0.25) is 0 Å². The molecule has 0 saturated carbocycles. The van der Waals surface area contributed by atoms with Crippen molar-refractivity contribution in [2.75, 3.05) is 6.54 Å². The van der Waals surface area contributed by atoms with Gasteiger partial charge in [-0.3, -0.25) is 0 Å². The summed E-state index contributed by atoms with van der Waals surface area (Å²) < 4.78 is 38.5. The zero-order chi connectivity index (χ0) is 16.9. The number of aromatic carboxylic acids is 1. The first-order valence-electron chi connectivity index (χ1n) is 6.00. The number of hydrogen-bond donors (Lipinski definition) is 3. The minimum atomic E-state index is -4.92. The van der Waals surface area contributed by atoms with Gasteiger partial charge in [-0.05, 0) is 29.6 Å². The Kier molecular flexibility index (Phi) is 5.75. The summed E-state index contributed by atoms with van der Waals surface area (Å²) in [6.07, 6.45) is -8.20. The van der Waals surface area contributed by atoms with Crippen LogP contribution in [-0.4, -0.2) is 33.9 Å². The molecule has 22 heavy (non-hydrogen) atoms. The SMILES string of the molecule is [N-]=[N+]=NCCC(O)C(O)c1ccc(C(=O)O)c(C(F)(F)F)c1. The maximum absolute atomic E-state index is 12.8. The Morgan fingerprint density at radius 1 is 1.36 bits per heavy atom. The van der Waals surface area contributed by atoms with Crippen LogP contribution in [0.4, 0.5) is 13.2 Å². The maximum Gasteiger partial charge on any atom is 0.417 e. The van der Waals surface area contributed by atoms with Crippen LogP contribution < -0.4 is 0 Å². The molecule has 2 unspecified atom stereocenters. The normalized spacial score (nSPS) is 14.0. The van der Waals surface area contributed by atoms with Crippen LogP contribution in [0.1, 0.15) is 34.0 Å². The Morgan fingerprint density at radius 2 is 2.00 bits per heavy atom. The summed E-state index contributed by atoms with van der Waals surface area (Å²) in [6.45, 7) is -0.145. The molecular formula is C12H12F3N3O4. The number of carboxylic acid groups (broad SMARTS) is 1. The third kappa shape index (κ3) is 4.35. The molecule has 1 rings (SSSR count). The monoisotopic (exact) mass is 319 g/mol. The first-order valence-corrected chi connectivity index (χ1v) is 6.00. The molecule has 0 aliphatic rings. The Labute approximate surface area is 122 Å². The second kappa shape index (κ2) is 7.12. The molecule has 1 aromatic rings. The number of alkyl halides is 3. The van der Waals surface area contributed by atoms with E-state index in [0.717, 1.165) is 6.07 Å². The molecule has 7 nitrogen and oxygen atoms in total. The topological polar surface area (TPSA) is 127 Å². The highest BCUT2D eigenvalue weighted by Crippen LogP contribution is 2.34. The molecule has 120 valence electrons. The first kappa shape index (κ1) is 17.8. The van der Waals surface area contributed by atoms with Crippen molar-refractivity contribution in [3.05, 3.63) is 45.3 Å². The predicted octanol–water partition coefficient (Wildman–Crippen LogP) is 2.50. The predicted molar refractivity (Wildman–Crippen MR) is 68.0 cm³/mol. The molecule has 0 aliphatic heterocycles. The Hall–Kier alpha value is -2.29. The smallest absolute Gasteiger partial charge is 0.417 e. The highest BCUT2D eigenvalue weighted by molar-refractivity contribution is 5.89. The maximum atomic E-state index is 12.8. The van der Waals surface area contributed by atoms with Crippen LogP contribution in [-0.2, 0) is 6.18 Å². The van der Waals surface area contributed by atoms with Crippen LogP contribution in [0.5, 0.6) is 0 Å². The Bertz CT molecular complexity index is 600. The molecule has 10 heteroatoms. The molecule has 0 bridgehead atoms. The number of halogens is 3. The fourth-order valence-corrected chi connectivity index (χ4v) is 1.78. The lowest BCUT2D eigenvalue weighted by Gasteiger charge is -2.19. The zero-order valence-corrected chi connectivity index (χ0v) is 11.0. The van der Waals surface area contributed by atoms with E-state index < -0.39 is 35.5 Å². The lowest BCUT2D eigenvalue weighted by molar-refractivity contribution is -0.138. The molecule has 0 amide bonds. The summed E-state index contributed by atoms with van der Waals surface area (Å²) in [7, 11) is 0.